The van der Waals surface area contributed by atoms with Crippen molar-refractivity contribution < 1.29 is 29.2 Å². The van der Waals surface area contributed by atoms with Crippen LogP contribution in [0.3, 0.4) is 0 Å². The van der Waals surface area contributed by atoms with Gasteiger partial charge in [-0.15, -0.1) is 0 Å². The number of anilines is 1. The number of aryl methyl sites for hydroxylation is 2. The summed E-state index contributed by atoms with van der Waals surface area (Å²) in [6, 6.07) is 10.9. The quantitative estimate of drug-likeness (QED) is 0.140. The normalized spacial score (nSPS) is 17.0. The number of nitro benzene ring substituents is 1. The van der Waals surface area contributed by atoms with E-state index in [9.17, 15) is 29.6 Å². The van der Waals surface area contributed by atoms with Crippen molar-refractivity contribution in [3.05, 3.63) is 91.5 Å². The summed E-state index contributed by atoms with van der Waals surface area (Å²) in [7, 11) is 1.21. The first-order valence-corrected chi connectivity index (χ1v) is 11.1. The summed E-state index contributed by atoms with van der Waals surface area (Å²) in [6.07, 6.45) is 0. The molecular weight excluding hydrogens is 474 g/mol. The number of rotatable bonds is 5. The molecule has 10 nitrogen and oxygen atoms in total. The molecule has 178 valence electrons. The Labute approximate surface area is 203 Å². The number of aromatic nitrogens is 1. The molecule has 2 heterocycles. The van der Waals surface area contributed by atoms with Crippen molar-refractivity contribution in [2.24, 2.45) is 0 Å². The molecule has 0 aliphatic carbocycles. The van der Waals surface area contributed by atoms with E-state index >= 15 is 0 Å². The predicted molar refractivity (Wildman–Crippen MR) is 127 cm³/mol. The van der Waals surface area contributed by atoms with Crippen LogP contribution in [0.5, 0.6) is 0 Å². The van der Waals surface area contributed by atoms with E-state index < -0.39 is 34.4 Å². The number of hydrogen-bond donors (Lipinski definition) is 1. The number of esters is 1. The first-order valence-electron chi connectivity index (χ1n) is 10.3. The number of methoxy groups -OCH3 is 1. The highest BCUT2D eigenvalue weighted by Gasteiger charge is 2.48. The minimum atomic E-state index is -1.13. The third kappa shape index (κ3) is 4.17. The number of non-ortho nitro benzene ring substituents is 1. The Morgan fingerprint density at radius 2 is 1.74 bits per heavy atom. The average Bonchev–Trinajstić information content (AvgIpc) is 3.35. The van der Waals surface area contributed by atoms with Gasteiger partial charge in [-0.1, -0.05) is 41.2 Å². The van der Waals surface area contributed by atoms with Crippen LogP contribution in [0, 0.1) is 24.0 Å². The maximum absolute atomic E-state index is 13.2. The number of thiazole rings is 1. The molecule has 0 radical (unpaired) electrons. The highest BCUT2D eigenvalue weighted by Crippen LogP contribution is 2.44. The molecule has 1 aliphatic rings. The molecule has 0 spiro atoms. The second-order valence-corrected chi connectivity index (χ2v) is 8.76. The molecule has 0 bridgehead atoms. The number of ether oxygens (including phenoxy) is 1. The SMILES string of the molecule is COC(=O)c1sc(N2C(=O)C(=O)/C(=C(/O)c3ccc(C)cc3)[C@H]2c2ccc([N+](=O)[O-])cc2)nc1C. The fourth-order valence-electron chi connectivity index (χ4n) is 3.76. The molecule has 0 saturated carbocycles. The van der Waals surface area contributed by atoms with Crippen molar-refractivity contribution in [1.82, 2.24) is 4.98 Å². The summed E-state index contributed by atoms with van der Waals surface area (Å²) in [6.45, 7) is 3.43. The summed E-state index contributed by atoms with van der Waals surface area (Å²) in [4.78, 5) is 54.6. The van der Waals surface area contributed by atoms with Crippen LogP contribution >= 0.6 is 11.3 Å². The average molecular weight is 493 g/mol. The van der Waals surface area contributed by atoms with Crippen LogP contribution in [0.2, 0.25) is 0 Å². The fourth-order valence-corrected chi connectivity index (χ4v) is 4.77. The van der Waals surface area contributed by atoms with Crippen LogP contribution in [0.25, 0.3) is 5.76 Å². The molecule has 1 amide bonds. The van der Waals surface area contributed by atoms with Crippen molar-refractivity contribution in [3.8, 4) is 0 Å². The first-order chi connectivity index (χ1) is 16.6. The van der Waals surface area contributed by atoms with E-state index in [0.717, 1.165) is 21.8 Å². The lowest BCUT2D eigenvalue weighted by atomic mass is 9.95. The van der Waals surface area contributed by atoms with Crippen LogP contribution in [0.1, 0.15) is 38.1 Å². The molecule has 2 aromatic carbocycles. The highest BCUT2D eigenvalue weighted by atomic mass is 32.1. The molecule has 1 atom stereocenters. The number of aliphatic hydroxyl groups is 1. The van der Waals surface area contributed by atoms with Crippen molar-refractivity contribution in [2.75, 3.05) is 12.0 Å². The topological polar surface area (TPSA) is 140 Å². The number of carbonyl (C=O) groups is 3. The Balaban J connectivity index is 1.93. The zero-order valence-electron chi connectivity index (χ0n) is 18.8. The minimum absolute atomic E-state index is 0.0521. The lowest BCUT2D eigenvalue weighted by molar-refractivity contribution is -0.384. The van der Waals surface area contributed by atoms with Gasteiger partial charge >= 0.3 is 11.9 Å². The number of benzene rings is 2. The smallest absolute Gasteiger partial charge is 0.350 e. The number of nitrogens with zero attached hydrogens (tertiary/aromatic N) is 3. The molecule has 1 fully saturated rings. The van der Waals surface area contributed by atoms with Gasteiger partial charge in [0.2, 0.25) is 0 Å². The molecule has 1 N–H and O–H groups in total. The molecular formula is C24H19N3O7S. The number of Topliss-reactive ketones (excluding diaryl/α,β-unsaturated/α-hetero) is 1. The Kier molecular flexibility index (Phi) is 6.18. The zero-order valence-corrected chi connectivity index (χ0v) is 19.7. The highest BCUT2D eigenvalue weighted by molar-refractivity contribution is 7.17. The lowest BCUT2D eigenvalue weighted by Gasteiger charge is -2.23. The second kappa shape index (κ2) is 9.11. The maximum Gasteiger partial charge on any atom is 0.350 e. The first kappa shape index (κ1) is 23.8. The summed E-state index contributed by atoms with van der Waals surface area (Å²) >= 11 is 0.868. The minimum Gasteiger partial charge on any atom is -0.507 e. The number of aliphatic hydroxyl groups excluding tert-OH is 1. The van der Waals surface area contributed by atoms with Crippen molar-refractivity contribution >= 4 is 45.6 Å². The lowest BCUT2D eigenvalue weighted by Crippen LogP contribution is -2.29. The van der Waals surface area contributed by atoms with Gasteiger partial charge in [0.25, 0.3) is 11.5 Å². The van der Waals surface area contributed by atoms with Gasteiger partial charge in [-0.2, -0.15) is 0 Å². The predicted octanol–water partition coefficient (Wildman–Crippen LogP) is 4.08. The van der Waals surface area contributed by atoms with Gasteiger partial charge in [-0.05, 0) is 31.5 Å². The molecule has 1 aromatic heterocycles. The largest absolute Gasteiger partial charge is 0.507 e. The van der Waals surface area contributed by atoms with Crippen molar-refractivity contribution in [2.45, 2.75) is 19.9 Å². The van der Waals surface area contributed by atoms with Gasteiger partial charge in [0.05, 0.1) is 29.3 Å². The summed E-state index contributed by atoms with van der Waals surface area (Å²) in [5.74, 6) is -2.93. The van der Waals surface area contributed by atoms with Crippen LogP contribution < -0.4 is 4.90 Å². The zero-order chi connectivity index (χ0) is 25.4. The van der Waals surface area contributed by atoms with E-state index in [0.29, 0.717) is 16.8 Å². The van der Waals surface area contributed by atoms with E-state index in [1.165, 1.54) is 31.4 Å². The van der Waals surface area contributed by atoms with Gasteiger partial charge in [0.15, 0.2) is 5.13 Å². The molecule has 1 saturated heterocycles. The third-order valence-corrected chi connectivity index (χ3v) is 6.69. The van der Waals surface area contributed by atoms with Crippen LogP contribution in [0.15, 0.2) is 54.1 Å². The van der Waals surface area contributed by atoms with Crippen LogP contribution in [-0.4, -0.2) is 39.8 Å². The summed E-state index contributed by atoms with van der Waals surface area (Å²) in [5, 5.41) is 22.3. The molecule has 11 heteroatoms. The second-order valence-electron chi connectivity index (χ2n) is 7.79. The van der Waals surface area contributed by atoms with Gasteiger partial charge in [0.1, 0.15) is 10.6 Å². The Hall–Kier alpha value is -4.38. The number of nitro groups is 1. The summed E-state index contributed by atoms with van der Waals surface area (Å²) < 4.78 is 4.76. The van der Waals surface area contributed by atoms with E-state index in [1.807, 2.05) is 6.92 Å². The van der Waals surface area contributed by atoms with Gasteiger partial charge < -0.3 is 9.84 Å². The van der Waals surface area contributed by atoms with Gasteiger partial charge in [0, 0.05) is 17.7 Å². The number of carbonyl (C=O) groups excluding carboxylic acids is 3. The molecule has 35 heavy (non-hydrogen) atoms. The standard InChI is InChI=1S/C24H19N3O7S/c1-12-4-6-15(7-5-12)19(28)17-18(14-8-10-16(11-9-14)27(32)33)26(22(30)20(17)29)24-25-13(2)21(35-24)23(31)34-3/h4-11,18,28H,1-3H3/b19-17+/t18-/m1/s1. The summed E-state index contributed by atoms with van der Waals surface area (Å²) in [5.41, 5.74) is 1.53. The number of amides is 1. The number of hydrogen-bond acceptors (Lipinski definition) is 9. The molecule has 4 rings (SSSR count). The Bertz CT molecular complexity index is 1390. The van der Waals surface area contributed by atoms with Crippen molar-refractivity contribution in [3.63, 3.8) is 0 Å². The van der Waals surface area contributed by atoms with Crippen LogP contribution in [0.4, 0.5) is 10.8 Å². The van der Waals surface area contributed by atoms with Crippen LogP contribution in [-0.2, 0) is 14.3 Å². The molecule has 0 unspecified atom stereocenters. The van der Waals surface area contributed by atoms with Gasteiger partial charge in [-0.3, -0.25) is 24.6 Å². The monoisotopic (exact) mass is 493 g/mol. The van der Waals surface area contributed by atoms with Gasteiger partial charge in [-0.25, -0.2) is 9.78 Å². The molecule has 3 aromatic rings. The molecule has 1 aliphatic heterocycles. The Morgan fingerprint density at radius 3 is 2.31 bits per heavy atom. The van der Waals surface area contributed by atoms with Crippen molar-refractivity contribution in [1.29, 1.82) is 0 Å². The van der Waals surface area contributed by atoms with E-state index in [1.54, 1.807) is 31.2 Å². The Morgan fingerprint density at radius 1 is 1.11 bits per heavy atom. The van der Waals surface area contributed by atoms with E-state index in [-0.39, 0.29) is 21.3 Å². The maximum atomic E-state index is 13.2. The third-order valence-electron chi connectivity index (χ3n) is 5.55. The number of ketones is 1. The fraction of sp³-hybridized carbons (Fsp3) is 0.167. The van der Waals surface area contributed by atoms with E-state index in [4.69, 9.17) is 4.74 Å². The van der Waals surface area contributed by atoms with E-state index in [2.05, 4.69) is 4.98 Å².